The van der Waals surface area contributed by atoms with E-state index in [-0.39, 0.29) is 17.3 Å². The van der Waals surface area contributed by atoms with Crippen molar-refractivity contribution in [2.45, 2.75) is 42.9 Å². The molecule has 1 amide bonds. The highest BCUT2D eigenvalue weighted by molar-refractivity contribution is 7.89. The van der Waals surface area contributed by atoms with E-state index in [0.717, 1.165) is 25.7 Å². The van der Waals surface area contributed by atoms with E-state index in [1.54, 1.807) is 30.3 Å². The summed E-state index contributed by atoms with van der Waals surface area (Å²) in [6.45, 7) is 0.0446. The van der Waals surface area contributed by atoms with Gasteiger partial charge in [-0.2, -0.15) is 0 Å². The molecule has 1 aliphatic carbocycles. The maximum atomic E-state index is 12.6. The summed E-state index contributed by atoms with van der Waals surface area (Å²) in [6, 6.07) is 14.4. The summed E-state index contributed by atoms with van der Waals surface area (Å²) in [6.07, 6.45) is 5.33. The molecule has 0 atom stereocenters. The predicted molar refractivity (Wildman–Crippen MR) is 116 cm³/mol. The van der Waals surface area contributed by atoms with Gasteiger partial charge in [0, 0.05) is 30.2 Å². The zero-order valence-electron chi connectivity index (χ0n) is 17.2. The van der Waals surface area contributed by atoms with Crippen LogP contribution in [0.25, 0.3) is 0 Å². The highest BCUT2D eigenvalue weighted by atomic mass is 32.2. The second-order valence-corrected chi connectivity index (χ2v) is 9.63. The molecule has 0 saturated heterocycles. The van der Waals surface area contributed by atoms with Gasteiger partial charge in [0.15, 0.2) is 11.5 Å². The van der Waals surface area contributed by atoms with Crippen molar-refractivity contribution >= 4 is 21.6 Å². The van der Waals surface area contributed by atoms with E-state index in [4.69, 9.17) is 13.9 Å². The number of ether oxygens (including phenoxy) is 2. The number of sulfonamides is 1. The van der Waals surface area contributed by atoms with Crippen LogP contribution in [0.5, 0.6) is 11.5 Å². The standard InChI is InChI=1S/C23H22N2O6S/c26-22(25-17-7-10-20-21(14-17)31-23(30-20)11-1-2-12-23)16-5-8-19(9-6-16)32(27,28)24-15-18-4-3-13-29-18/h3-10,13-14,24H,1-2,11-12,15H2,(H,25,26). The van der Waals surface area contributed by atoms with E-state index in [2.05, 4.69) is 10.0 Å². The predicted octanol–water partition coefficient (Wildman–Crippen LogP) is 4.05. The maximum absolute atomic E-state index is 12.6. The lowest BCUT2D eigenvalue weighted by molar-refractivity contribution is -0.0716. The van der Waals surface area contributed by atoms with Crippen LogP contribution in [0.1, 0.15) is 41.8 Å². The Bertz CT molecular complexity index is 1230. The summed E-state index contributed by atoms with van der Waals surface area (Å²) in [5.41, 5.74) is 0.907. The number of carbonyl (C=O) groups excluding carboxylic acids is 1. The Labute approximate surface area is 185 Å². The summed E-state index contributed by atoms with van der Waals surface area (Å²) in [7, 11) is -3.73. The number of benzene rings is 2. The van der Waals surface area contributed by atoms with Gasteiger partial charge >= 0.3 is 0 Å². The van der Waals surface area contributed by atoms with E-state index < -0.39 is 15.8 Å². The van der Waals surface area contributed by atoms with Crippen LogP contribution in [0, 0.1) is 0 Å². The van der Waals surface area contributed by atoms with Gasteiger partial charge in [0.2, 0.25) is 10.0 Å². The van der Waals surface area contributed by atoms with Crippen molar-refractivity contribution < 1.29 is 27.1 Å². The first kappa shape index (κ1) is 20.6. The van der Waals surface area contributed by atoms with Gasteiger partial charge in [-0.15, -0.1) is 0 Å². The maximum Gasteiger partial charge on any atom is 0.255 e. The molecule has 0 unspecified atom stereocenters. The number of hydrogen-bond donors (Lipinski definition) is 2. The van der Waals surface area contributed by atoms with Gasteiger partial charge in [0.25, 0.3) is 11.7 Å². The zero-order chi connectivity index (χ0) is 22.2. The minimum Gasteiger partial charge on any atom is -0.468 e. The van der Waals surface area contributed by atoms with Crippen LogP contribution in [-0.4, -0.2) is 20.1 Å². The molecule has 1 spiro atoms. The summed E-state index contributed by atoms with van der Waals surface area (Å²) < 4.78 is 44.5. The van der Waals surface area contributed by atoms with Crippen molar-refractivity contribution in [3.63, 3.8) is 0 Å². The monoisotopic (exact) mass is 454 g/mol. The second-order valence-electron chi connectivity index (χ2n) is 7.87. The molecule has 166 valence electrons. The summed E-state index contributed by atoms with van der Waals surface area (Å²) >= 11 is 0. The highest BCUT2D eigenvalue weighted by Crippen LogP contribution is 2.47. The lowest BCUT2D eigenvalue weighted by atomic mass is 10.2. The normalized spacial score (nSPS) is 16.4. The van der Waals surface area contributed by atoms with Crippen molar-refractivity contribution in [2.24, 2.45) is 0 Å². The third-order valence-electron chi connectivity index (χ3n) is 5.60. The van der Waals surface area contributed by atoms with E-state index in [1.165, 1.54) is 30.5 Å². The minimum atomic E-state index is -3.73. The zero-order valence-corrected chi connectivity index (χ0v) is 18.0. The number of nitrogens with one attached hydrogen (secondary N) is 2. The van der Waals surface area contributed by atoms with Crippen LogP contribution in [0.3, 0.4) is 0 Å². The van der Waals surface area contributed by atoms with Crippen molar-refractivity contribution in [1.29, 1.82) is 0 Å². The van der Waals surface area contributed by atoms with Crippen LogP contribution in [0.2, 0.25) is 0 Å². The lowest BCUT2D eigenvalue weighted by Crippen LogP contribution is -2.34. The third-order valence-corrected chi connectivity index (χ3v) is 7.02. The van der Waals surface area contributed by atoms with Gasteiger partial charge in [-0.25, -0.2) is 13.1 Å². The first-order valence-electron chi connectivity index (χ1n) is 10.4. The van der Waals surface area contributed by atoms with Crippen LogP contribution >= 0.6 is 0 Å². The molecule has 9 heteroatoms. The summed E-state index contributed by atoms with van der Waals surface area (Å²) in [5.74, 6) is 0.895. The molecule has 1 aromatic heterocycles. The number of rotatable bonds is 6. The molecule has 2 heterocycles. The third kappa shape index (κ3) is 4.09. The number of fused-ring (bicyclic) bond motifs is 1. The first-order valence-corrected chi connectivity index (χ1v) is 11.9. The molecule has 1 saturated carbocycles. The van der Waals surface area contributed by atoms with Crippen LogP contribution in [-0.2, 0) is 16.6 Å². The van der Waals surface area contributed by atoms with Gasteiger partial charge in [0.1, 0.15) is 5.76 Å². The van der Waals surface area contributed by atoms with Gasteiger partial charge < -0.3 is 19.2 Å². The first-order chi connectivity index (χ1) is 15.4. The average molecular weight is 455 g/mol. The molecular weight excluding hydrogens is 432 g/mol. The Morgan fingerprint density at radius 3 is 2.44 bits per heavy atom. The fraction of sp³-hybridized carbons (Fsp3) is 0.261. The van der Waals surface area contributed by atoms with Crippen LogP contribution < -0.4 is 19.5 Å². The summed E-state index contributed by atoms with van der Waals surface area (Å²) in [5, 5.41) is 2.82. The molecule has 2 aromatic carbocycles. The Kier molecular flexibility index (Phi) is 5.15. The Balaban J connectivity index is 1.24. The quantitative estimate of drug-likeness (QED) is 0.582. The Hall–Kier alpha value is -3.30. The molecule has 1 aliphatic heterocycles. The SMILES string of the molecule is O=C(Nc1ccc2c(c1)OC1(CCCC1)O2)c1ccc(S(=O)(=O)NCc2ccco2)cc1. The molecule has 2 aliphatic rings. The smallest absolute Gasteiger partial charge is 0.255 e. The number of amides is 1. The largest absolute Gasteiger partial charge is 0.468 e. The van der Waals surface area contributed by atoms with E-state index in [9.17, 15) is 13.2 Å². The average Bonchev–Trinajstić information content (AvgIpc) is 3.54. The van der Waals surface area contributed by atoms with Crippen molar-refractivity contribution in [2.75, 3.05) is 5.32 Å². The van der Waals surface area contributed by atoms with Crippen molar-refractivity contribution in [1.82, 2.24) is 4.72 Å². The van der Waals surface area contributed by atoms with Crippen LogP contribution in [0.15, 0.2) is 70.2 Å². The molecule has 3 aromatic rings. The van der Waals surface area contributed by atoms with E-state index in [1.807, 2.05) is 0 Å². The lowest BCUT2D eigenvalue weighted by Gasteiger charge is -2.21. The molecule has 8 nitrogen and oxygen atoms in total. The van der Waals surface area contributed by atoms with E-state index in [0.29, 0.717) is 28.5 Å². The number of furan rings is 1. The molecule has 5 rings (SSSR count). The molecule has 32 heavy (non-hydrogen) atoms. The van der Waals surface area contributed by atoms with E-state index >= 15 is 0 Å². The van der Waals surface area contributed by atoms with Gasteiger partial charge in [0.05, 0.1) is 17.7 Å². The topological polar surface area (TPSA) is 107 Å². The highest BCUT2D eigenvalue weighted by Gasteiger charge is 2.44. The molecule has 1 fully saturated rings. The fourth-order valence-electron chi connectivity index (χ4n) is 3.94. The van der Waals surface area contributed by atoms with Gasteiger partial charge in [-0.1, -0.05) is 0 Å². The molecule has 0 radical (unpaired) electrons. The number of carbonyl (C=O) groups is 1. The Morgan fingerprint density at radius 1 is 0.969 bits per heavy atom. The number of hydrogen-bond acceptors (Lipinski definition) is 6. The fourth-order valence-corrected chi connectivity index (χ4v) is 4.93. The van der Waals surface area contributed by atoms with Gasteiger partial charge in [-0.05, 0) is 61.4 Å². The summed E-state index contributed by atoms with van der Waals surface area (Å²) in [4.78, 5) is 12.7. The molecular formula is C23H22N2O6S. The van der Waals surface area contributed by atoms with Crippen molar-refractivity contribution in [3.05, 3.63) is 72.2 Å². The molecule has 0 bridgehead atoms. The number of anilines is 1. The second kappa shape index (κ2) is 7.99. The minimum absolute atomic E-state index is 0.0446. The van der Waals surface area contributed by atoms with Gasteiger partial charge in [-0.3, -0.25) is 4.79 Å². The Morgan fingerprint density at radius 2 is 1.72 bits per heavy atom. The van der Waals surface area contributed by atoms with Crippen LogP contribution in [0.4, 0.5) is 5.69 Å². The molecule has 2 N–H and O–H groups in total. The van der Waals surface area contributed by atoms with Crippen molar-refractivity contribution in [3.8, 4) is 11.5 Å².